The Morgan fingerprint density at radius 2 is 2.07 bits per heavy atom. The van der Waals surface area contributed by atoms with Crippen molar-refractivity contribution in [1.29, 1.82) is 5.26 Å². The average molecular weight is 408 g/mol. The number of halogens is 4. The van der Waals surface area contributed by atoms with E-state index in [1.54, 1.807) is 11.0 Å². The molecule has 146 valence electrons. The summed E-state index contributed by atoms with van der Waals surface area (Å²) >= 11 is 6.05. The van der Waals surface area contributed by atoms with Gasteiger partial charge in [-0.05, 0) is 31.2 Å². The quantitative estimate of drug-likeness (QED) is 0.734. The Labute approximate surface area is 165 Å². The predicted molar refractivity (Wildman–Crippen MR) is 99.2 cm³/mol. The van der Waals surface area contributed by atoms with Gasteiger partial charge in [0.25, 0.3) is 0 Å². The molecular formula is C20H17ClF3N3O. The van der Waals surface area contributed by atoms with E-state index in [1.807, 2.05) is 13.0 Å². The van der Waals surface area contributed by atoms with Crippen molar-refractivity contribution in [2.75, 3.05) is 18.4 Å². The molecule has 0 aromatic heterocycles. The lowest BCUT2D eigenvalue weighted by atomic mass is 9.91. The van der Waals surface area contributed by atoms with Gasteiger partial charge >= 0.3 is 0 Å². The number of benzene rings is 2. The smallest absolute Gasteiger partial charge is 0.223 e. The minimum absolute atomic E-state index is 0.102. The molecule has 1 fully saturated rings. The van der Waals surface area contributed by atoms with Gasteiger partial charge in [0.1, 0.15) is 11.9 Å². The van der Waals surface area contributed by atoms with E-state index < -0.39 is 29.4 Å². The number of anilines is 1. The maximum atomic E-state index is 14.5. The van der Waals surface area contributed by atoms with Crippen LogP contribution in [0.2, 0.25) is 5.02 Å². The summed E-state index contributed by atoms with van der Waals surface area (Å²) in [5.41, 5.74) is 0.508. The molecule has 2 aromatic carbocycles. The van der Waals surface area contributed by atoms with E-state index in [2.05, 4.69) is 5.32 Å². The van der Waals surface area contributed by atoms with E-state index in [1.165, 1.54) is 12.1 Å². The lowest BCUT2D eigenvalue weighted by molar-refractivity contribution is -0.127. The van der Waals surface area contributed by atoms with Gasteiger partial charge in [0, 0.05) is 42.7 Å². The van der Waals surface area contributed by atoms with E-state index in [0.717, 1.165) is 6.07 Å². The highest BCUT2D eigenvalue weighted by atomic mass is 35.5. The van der Waals surface area contributed by atoms with Gasteiger partial charge in [0.15, 0.2) is 11.6 Å². The van der Waals surface area contributed by atoms with Crippen molar-refractivity contribution in [3.63, 3.8) is 0 Å². The molecule has 1 saturated heterocycles. The number of rotatable bonds is 5. The van der Waals surface area contributed by atoms with Crippen LogP contribution in [0.5, 0.6) is 0 Å². The average Bonchev–Trinajstić information content (AvgIpc) is 3.03. The van der Waals surface area contributed by atoms with Crippen LogP contribution in [-0.4, -0.2) is 23.9 Å². The predicted octanol–water partition coefficient (Wildman–Crippen LogP) is 4.65. The number of likely N-dealkylation sites (tertiary alicyclic amines) is 1. The maximum Gasteiger partial charge on any atom is 0.223 e. The fourth-order valence-electron chi connectivity index (χ4n) is 3.46. The number of amides is 1. The number of carbonyl (C=O) groups is 1. The van der Waals surface area contributed by atoms with E-state index in [-0.39, 0.29) is 28.5 Å². The third-order valence-corrected chi connectivity index (χ3v) is 5.18. The third kappa shape index (κ3) is 3.92. The van der Waals surface area contributed by atoms with Gasteiger partial charge in [-0.3, -0.25) is 4.79 Å². The highest BCUT2D eigenvalue weighted by molar-refractivity contribution is 6.32. The van der Waals surface area contributed by atoms with E-state index in [9.17, 15) is 18.0 Å². The van der Waals surface area contributed by atoms with Gasteiger partial charge in [0.05, 0.1) is 16.6 Å². The van der Waals surface area contributed by atoms with Crippen LogP contribution in [0.4, 0.5) is 18.9 Å². The molecule has 4 nitrogen and oxygen atoms in total. The molecule has 1 aliphatic rings. The molecule has 1 aliphatic heterocycles. The molecule has 2 aromatic rings. The fraction of sp³-hybridized carbons (Fsp3) is 0.300. The number of hydrogen-bond acceptors (Lipinski definition) is 3. The number of nitrogens with one attached hydrogen (secondary N) is 1. The first-order valence-corrected chi connectivity index (χ1v) is 9.10. The topological polar surface area (TPSA) is 56.1 Å². The highest BCUT2D eigenvalue weighted by Crippen LogP contribution is 2.36. The van der Waals surface area contributed by atoms with Gasteiger partial charge in [0.2, 0.25) is 5.91 Å². The summed E-state index contributed by atoms with van der Waals surface area (Å²) in [5, 5.41) is 12.2. The Kier molecular flexibility index (Phi) is 5.80. The summed E-state index contributed by atoms with van der Waals surface area (Å²) in [6, 6.07) is 7.02. The molecule has 0 spiro atoms. The van der Waals surface area contributed by atoms with Crippen LogP contribution in [0, 0.1) is 34.7 Å². The molecule has 28 heavy (non-hydrogen) atoms. The highest BCUT2D eigenvalue weighted by Gasteiger charge is 2.37. The second-order valence-electron chi connectivity index (χ2n) is 6.62. The zero-order chi connectivity index (χ0) is 20.4. The third-order valence-electron chi connectivity index (χ3n) is 4.87. The first-order chi connectivity index (χ1) is 13.3. The number of carbonyl (C=O) groups excluding carboxylic acids is 1. The Morgan fingerprint density at radius 1 is 1.32 bits per heavy atom. The van der Waals surface area contributed by atoms with Gasteiger partial charge < -0.3 is 10.2 Å². The lowest BCUT2D eigenvalue weighted by Crippen LogP contribution is -2.27. The zero-order valence-corrected chi connectivity index (χ0v) is 15.7. The molecule has 1 unspecified atom stereocenters. The van der Waals surface area contributed by atoms with Crippen molar-refractivity contribution < 1.29 is 18.0 Å². The van der Waals surface area contributed by atoms with Crippen LogP contribution < -0.4 is 5.32 Å². The molecule has 0 bridgehead atoms. The van der Waals surface area contributed by atoms with Crippen LogP contribution in [0.3, 0.4) is 0 Å². The summed E-state index contributed by atoms with van der Waals surface area (Å²) in [7, 11) is 0. The molecule has 1 heterocycles. The molecule has 1 N–H and O–H groups in total. The van der Waals surface area contributed by atoms with Gasteiger partial charge in [-0.2, -0.15) is 5.26 Å². The van der Waals surface area contributed by atoms with Gasteiger partial charge in [-0.1, -0.05) is 11.6 Å². The monoisotopic (exact) mass is 407 g/mol. The molecule has 0 radical (unpaired) electrons. The molecule has 0 aliphatic carbocycles. The molecule has 1 amide bonds. The summed E-state index contributed by atoms with van der Waals surface area (Å²) in [4.78, 5) is 13.8. The van der Waals surface area contributed by atoms with Crippen LogP contribution in [-0.2, 0) is 4.79 Å². The Morgan fingerprint density at radius 3 is 2.68 bits per heavy atom. The maximum absolute atomic E-state index is 14.5. The molecule has 0 saturated carbocycles. The lowest BCUT2D eigenvalue weighted by Gasteiger charge is -2.27. The Bertz CT molecular complexity index is 960. The van der Waals surface area contributed by atoms with Gasteiger partial charge in [-0.15, -0.1) is 0 Å². The van der Waals surface area contributed by atoms with E-state index in [4.69, 9.17) is 16.9 Å². The standard InChI is InChI=1S/C20H17ClF3N3O/c1-2-27-10-12(5-18(27)28)20(15-6-13(22)7-17(23)19(15)24)26-14-4-3-11(9-25)16(21)8-14/h3-4,6-8,12,20,26H,2,5,10H2,1H3/t12-,20?/m0/s1. The summed E-state index contributed by atoms with van der Waals surface area (Å²) in [6.45, 7) is 2.64. The van der Waals surface area contributed by atoms with Crippen molar-refractivity contribution in [2.24, 2.45) is 5.92 Å². The van der Waals surface area contributed by atoms with E-state index >= 15 is 0 Å². The van der Waals surface area contributed by atoms with Crippen LogP contribution in [0.1, 0.15) is 30.5 Å². The van der Waals surface area contributed by atoms with Crippen molar-refractivity contribution >= 4 is 23.2 Å². The van der Waals surface area contributed by atoms with Crippen molar-refractivity contribution in [3.05, 3.63) is 63.9 Å². The van der Waals surface area contributed by atoms with Crippen molar-refractivity contribution in [1.82, 2.24) is 4.90 Å². The first kappa shape index (κ1) is 20.0. The first-order valence-electron chi connectivity index (χ1n) is 8.72. The second kappa shape index (κ2) is 8.11. The van der Waals surface area contributed by atoms with Crippen LogP contribution in [0.25, 0.3) is 0 Å². The number of nitriles is 1. The van der Waals surface area contributed by atoms with Gasteiger partial charge in [-0.25, -0.2) is 13.2 Å². The summed E-state index contributed by atoms with van der Waals surface area (Å²) < 4.78 is 42.2. The van der Waals surface area contributed by atoms with Crippen molar-refractivity contribution in [2.45, 2.75) is 19.4 Å². The van der Waals surface area contributed by atoms with Crippen LogP contribution >= 0.6 is 11.6 Å². The zero-order valence-electron chi connectivity index (χ0n) is 15.0. The minimum Gasteiger partial charge on any atom is -0.378 e. The second-order valence-corrected chi connectivity index (χ2v) is 7.02. The Hall–Kier alpha value is -2.72. The van der Waals surface area contributed by atoms with Crippen LogP contribution in [0.15, 0.2) is 30.3 Å². The SMILES string of the molecule is CCN1C[C@@H](C(Nc2ccc(C#N)c(Cl)c2)c2cc(F)cc(F)c2F)CC1=O. The van der Waals surface area contributed by atoms with E-state index in [0.29, 0.717) is 24.8 Å². The minimum atomic E-state index is -1.30. The number of nitrogens with zero attached hydrogens (tertiary/aromatic N) is 2. The molecule has 3 rings (SSSR count). The summed E-state index contributed by atoms with van der Waals surface area (Å²) in [5.74, 6) is -3.88. The molecular weight excluding hydrogens is 391 g/mol. The normalized spacial score (nSPS) is 17.5. The molecule has 2 atom stereocenters. The van der Waals surface area contributed by atoms with Crippen molar-refractivity contribution in [3.8, 4) is 6.07 Å². The fourth-order valence-corrected chi connectivity index (χ4v) is 3.68. The number of hydrogen-bond donors (Lipinski definition) is 1. The largest absolute Gasteiger partial charge is 0.378 e. The Balaban J connectivity index is 2.02. The molecule has 8 heteroatoms. The summed E-state index contributed by atoms with van der Waals surface area (Å²) in [6.07, 6.45) is 0.118.